The van der Waals surface area contributed by atoms with E-state index < -0.39 is 5.60 Å². The summed E-state index contributed by atoms with van der Waals surface area (Å²) in [5.74, 6) is 0.428. The van der Waals surface area contributed by atoms with E-state index in [0.29, 0.717) is 0 Å². The lowest BCUT2D eigenvalue weighted by atomic mass is 9.72. The van der Waals surface area contributed by atoms with Crippen molar-refractivity contribution in [3.63, 3.8) is 0 Å². The van der Waals surface area contributed by atoms with Crippen molar-refractivity contribution in [1.29, 1.82) is 0 Å². The van der Waals surface area contributed by atoms with Gasteiger partial charge in [-0.15, -0.1) is 0 Å². The fourth-order valence-corrected chi connectivity index (χ4v) is 3.80. The largest absolute Gasteiger partial charge is 0.390 e. The quantitative estimate of drug-likeness (QED) is 0.693. The Morgan fingerprint density at radius 3 is 2.52 bits per heavy atom. The normalized spacial score (nSPS) is 22.4. The Labute approximate surface area is 135 Å². The lowest BCUT2D eigenvalue weighted by Crippen LogP contribution is -2.33. The first kappa shape index (κ1) is 15.9. The lowest BCUT2D eigenvalue weighted by molar-refractivity contribution is -0.385. The summed E-state index contributed by atoms with van der Waals surface area (Å²) in [5, 5.41) is 26.8. The number of rotatable bonds is 3. The zero-order valence-corrected chi connectivity index (χ0v) is 13.8. The average Bonchev–Trinajstić information content (AvgIpc) is 2.84. The van der Waals surface area contributed by atoms with E-state index in [1.807, 2.05) is 27.0 Å². The van der Waals surface area contributed by atoms with Crippen molar-refractivity contribution in [1.82, 2.24) is 9.78 Å². The van der Waals surface area contributed by atoms with Gasteiger partial charge in [0.25, 0.3) is 5.69 Å². The van der Waals surface area contributed by atoms with Crippen molar-refractivity contribution < 1.29 is 10.0 Å². The summed E-state index contributed by atoms with van der Waals surface area (Å²) in [7, 11) is 1.82. The van der Waals surface area contributed by atoms with Crippen LogP contribution in [0.15, 0.2) is 18.3 Å². The number of hydrogen-bond acceptors (Lipinski definition) is 4. The zero-order chi connectivity index (χ0) is 16.8. The molecular weight excluding hydrogens is 294 g/mol. The second kappa shape index (κ2) is 5.60. The van der Waals surface area contributed by atoms with Crippen molar-refractivity contribution in [3.05, 3.63) is 34.0 Å². The van der Waals surface area contributed by atoms with Crippen LogP contribution in [-0.4, -0.2) is 25.4 Å². The molecule has 6 heteroatoms. The van der Waals surface area contributed by atoms with Crippen LogP contribution < -0.4 is 0 Å². The Hall–Kier alpha value is -1.95. The fourth-order valence-electron chi connectivity index (χ4n) is 3.80. The Morgan fingerprint density at radius 2 is 1.96 bits per heavy atom. The molecule has 3 rings (SSSR count). The summed E-state index contributed by atoms with van der Waals surface area (Å²) in [6.45, 7) is 3.70. The SMILES string of the molecule is Cn1cc2cc([N+](=O)[O-])c(C3CCC(C(C)(C)O)CC3)cc2n1. The van der Waals surface area contributed by atoms with Crippen molar-refractivity contribution in [2.75, 3.05) is 0 Å². The van der Waals surface area contributed by atoms with E-state index in [2.05, 4.69) is 5.10 Å². The van der Waals surface area contributed by atoms with E-state index >= 15 is 0 Å². The molecular formula is C17H23N3O3. The highest BCUT2D eigenvalue weighted by atomic mass is 16.6. The molecule has 0 amide bonds. The van der Waals surface area contributed by atoms with Gasteiger partial charge in [-0.2, -0.15) is 5.10 Å². The maximum atomic E-state index is 11.5. The highest BCUT2D eigenvalue weighted by Crippen LogP contribution is 2.43. The summed E-state index contributed by atoms with van der Waals surface area (Å²) >= 11 is 0. The van der Waals surface area contributed by atoms with Crippen molar-refractivity contribution in [3.8, 4) is 0 Å². The van der Waals surface area contributed by atoms with Gasteiger partial charge in [0, 0.05) is 30.3 Å². The van der Waals surface area contributed by atoms with Crippen LogP contribution in [0.4, 0.5) is 5.69 Å². The molecule has 0 unspecified atom stereocenters. The molecule has 1 heterocycles. The van der Waals surface area contributed by atoms with Crippen LogP contribution in [0.2, 0.25) is 0 Å². The number of hydrogen-bond donors (Lipinski definition) is 1. The molecule has 1 saturated carbocycles. The number of aliphatic hydroxyl groups is 1. The number of benzene rings is 1. The van der Waals surface area contributed by atoms with E-state index in [4.69, 9.17) is 0 Å². The summed E-state index contributed by atoms with van der Waals surface area (Å²) in [4.78, 5) is 11.2. The summed E-state index contributed by atoms with van der Waals surface area (Å²) < 4.78 is 1.68. The number of aryl methyl sites for hydroxylation is 1. The monoisotopic (exact) mass is 317 g/mol. The number of fused-ring (bicyclic) bond motifs is 1. The van der Waals surface area contributed by atoms with Gasteiger partial charge in [-0.3, -0.25) is 14.8 Å². The zero-order valence-electron chi connectivity index (χ0n) is 13.8. The molecule has 1 aromatic carbocycles. The van der Waals surface area contributed by atoms with Crippen LogP contribution in [0.1, 0.15) is 51.0 Å². The van der Waals surface area contributed by atoms with E-state index in [-0.39, 0.29) is 22.4 Å². The summed E-state index contributed by atoms with van der Waals surface area (Å²) in [6, 6.07) is 3.52. The molecule has 1 fully saturated rings. The predicted molar refractivity (Wildman–Crippen MR) is 88.4 cm³/mol. The van der Waals surface area contributed by atoms with Crippen LogP contribution in [-0.2, 0) is 7.05 Å². The van der Waals surface area contributed by atoms with Crippen molar-refractivity contribution in [2.45, 2.75) is 51.0 Å². The van der Waals surface area contributed by atoms with Crippen molar-refractivity contribution in [2.24, 2.45) is 13.0 Å². The number of nitrogens with zero attached hydrogens (tertiary/aromatic N) is 3. The van der Waals surface area contributed by atoms with E-state index in [0.717, 1.165) is 42.1 Å². The third kappa shape index (κ3) is 3.08. The summed E-state index contributed by atoms with van der Waals surface area (Å²) in [5.41, 5.74) is 1.10. The molecule has 0 spiro atoms. The fraction of sp³-hybridized carbons (Fsp3) is 0.588. The minimum Gasteiger partial charge on any atom is -0.390 e. The number of aromatic nitrogens is 2. The highest BCUT2D eigenvalue weighted by molar-refractivity contribution is 5.82. The Bertz CT molecular complexity index is 737. The molecule has 1 N–H and O–H groups in total. The van der Waals surface area contributed by atoms with E-state index in [9.17, 15) is 15.2 Å². The molecule has 1 aromatic heterocycles. The topological polar surface area (TPSA) is 81.2 Å². The lowest BCUT2D eigenvalue weighted by Gasteiger charge is -2.35. The molecule has 0 saturated heterocycles. The standard InChI is InChI=1S/C17H23N3O3/c1-17(2,21)13-6-4-11(5-7-13)14-9-15-12(10-19(3)18-15)8-16(14)20(22)23/h8-11,13,21H,4-7H2,1-3H3. The second-order valence-electron chi connectivity index (χ2n) is 7.23. The molecule has 124 valence electrons. The first-order chi connectivity index (χ1) is 10.8. The molecule has 0 radical (unpaired) electrons. The maximum absolute atomic E-state index is 11.5. The van der Waals surface area contributed by atoms with Crippen molar-refractivity contribution >= 4 is 16.6 Å². The van der Waals surface area contributed by atoms with Crippen LogP contribution in [0.3, 0.4) is 0 Å². The van der Waals surface area contributed by atoms with Gasteiger partial charge in [0.15, 0.2) is 0 Å². The van der Waals surface area contributed by atoms with Crippen LogP contribution in [0.25, 0.3) is 10.9 Å². The van der Waals surface area contributed by atoms with Gasteiger partial charge in [-0.05, 0) is 57.4 Å². The molecule has 0 bridgehead atoms. The third-order valence-corrected chi connectivity index (χ3v) is 5.13. The first-order valence-corrected chi connectivity index (χ1v) is 8.10. The second-order valence-corrected chi connectivity index (χ2v) is 7.23. The van der Waals surface area contributed by atoms with E-state index in [1.54, 1.807) is 16.9 Å². The van der Waals surface area contributed by atoms with Crippen LogP contribution in [0.5, 0.6) is 0 Å². The van der Waals surface area contributed by atoms with E-state index in [1.165, 1.54) is 0 Å². The van der Waals surface area contributed by atoms with Gasteiger partial charge in [-0.25, -0.2) is 0 Å². The predicted octanol–water partition coefficient (Wildman–Crippen LogP) is 3.53. The van der Waals surface area contributed by atoms with Gasteiger partial charge in [-0.1, -0.05) is 0 Å². The summed E-state index contributed by atoms with van der Waals surface area (Å²) in [6.07, 6.45) is 5.33. The van der Waals surface area contributed by atoms with Gasteiger partial charge >= 0.3 is 0 Å². The Morgan fingerprint density at radius 1 is 1.30 bits per heavy atom. The van der Waals surface area contributed by atoms with Gasteiger partial charge in [0.1, 0.15) is 0 Å². The molecule has 0 atom stereocenters. The average molecular weight is 317 g/mol. The highest BCUT2D eigenvalue weighted by Gasteiger charge is 2.34. The molecule has 1 aliphatic carbocycles. The molecule has 1 aliphatic rings. The Kier molecular flexibility index (Phi) is 3.88. The van der Waals surface area contributed by atoms with Crippen LogP contribution >= 0.6 is 0 Å². The van der Waals surface area contributed by atoms with Gasteiger partial charge in [0.05, 0.1) is 16.0 Å². The Balaban J connectivity index is 1.93. The smallest absolute Gasteiger partial charge is 0.273 e. The third-order valence-electron chi connectivity index (χ3n) is 5.13. The number of nitro groups is 1. The first-order valence-electron chi connectivity index (χ1n) is 8.10. The molecule has 23 heavy (non-hydrogen) atoms. The molecule has 6 nitrogen and oxygen atoms in total. The van der Waals surface area contributed by atoms with Gasteiger partial charge < -0.3 is 5.11 Å². The molecule has 2 aromatic rings. The van der Waals surface area contributed by atoms with Gasteiger partial charge in [0.2, 0.25) is 0 Å². The minimum atomic E-state index is -0.679. The van der Waals surface area contributed by atoms with Crippen LogP contribution in [0, 0.1) is 16.0 Å². The molecule has 0 aliphatic heterocycles. The maximum Gasteiger partial charge on any atom is 0.273 e. The minimum absolute atomic E-state index is 0.167. The number of nitro benzene ring substituents is 1.